The Morgan fingerprint density at radius 1 is 1.33 bits per heavy atom. The van der Waals surface area contributed by atoms with Crippen molar-refractivity contribution in [2.75, 3.05) is 26.2 Å². The van der Waals surface area contributed by atoms with E-state index in [2.05, 4.69) is 18.7 Å². The SMILES string of the molecule is CCCN(CC)CC(=O)OCC. The maximum absolute atomic E-state index is 11.0. The molecule has 0 unspecified atom stereocenters. The molecule has 0 amide bonds. The predicted molar refractivity (Wildman–Crippen MR) is 49.0 cm³/mol. The van der Waals surface area contributed by atoms with Crippen molar-refractivity contribution in [3.63, 3.8) is 0 Å². The largest absolute Gasteiger partial charge is 0.465 e. The number of ether oxygens (including phenoxy) is 1. The highest BCUT2D eigenvalue weighted by Crippen LogP contribution is 1.91. The molecule has 3 nitrogen and oxygen atoms in total. The molecule has 0 aromatic carbocycles. The van der Waals surface area contributed by atoms with Gasteiger partial charge < -0.3 is 4.74 Å². The van der Waals surface area contributed by atoms with Crippen LogP contribution in [0.15, 0.2) is 0 Å². The van der Waals surface area contributed by atoms with Crippen LogP contribution in [0.5, 0.6) is 0 Å². The quantitative estimate of drug-likeness (QED) is 0.567. The van der Waals surface area contributed by atoms with Crippen molar-refractivity contribution in [3.8, 4) is 0 Å². The van der Waals surface area contributed by atoms with Gasteiger partial charge in [-0.25, -0.2) is 0 Å². The summed E-state index contributed by atoms with van der Waals surface area (Å²) in [5, 5.41) is 0. The fourth-order valence-corrected chi connectivity index (χ4v) is 1.05. The van der Waals surface area contributed by atoms with E-state index in [0.717, 1.165) is 19.5 Å². The average Bonchev–Trinajstić information content (AvgIpc) is 2.04. The number of carbonyl (C=O) groups excluding carboxylic acids is 1. The average molecular weight is 173 g/mol. The van der Waals surface area contributed by atoms with Gasteiger partial charge in [-0.3, -0.25) is 9.69 Å². The molecular formula is C9H19NO2. The van der Waals surface area contributed by atoms with E-state index in [-0.39, 0.29) is 5.97 Å². The third kappa shape index (κ3) is 5.13. The summed E-state index contributed by atoms with van der Waals surface area (Å²) >= 11 is 0. The second kappa shape index (κ2) is 7.10. The summed E-state index contributed by atoms with van der Waals surface area (Å²) in [5.41, 5.74) is 0. The predicted octanol–water partition coefficient (Wildman–Crippen LogP) is 1.28. The van der Waals surface area contributed by atoms with Crippen LogP contribution in [0.1, 0.15) is 27.2 Å². The molecule has 0 rings (SSSR count). The van der Waals surface area contributed by atoms with Gasteiger partial charge in [0.25, 0.3) is 0 Å². The number of hydrogen-bond acceptors (Lipinski definition) is 3. The highest BCUT2D eigenvalue weighted by atomic mass is 16.5. The zero-order chi connectivity index (χ0) is 9.40. The van der Waals surface area contributed by atoms with Crippen LogP contribution < -0.4 is 0 Å². The lowest BCUT2D eigenvalue weighted by Gasteiger charge is -2.17. The number of carbonyl (C=O) groups is 1. The van der Waals surface area contributed by atoms with Crippen LogP contribution in [-0.4, -0.2) is 37.1 Å². The lowest BCUT2D eigenvalue weighted by atomic mass is 10.4. The maximum atomic E-state index is 11.0. The van der Waals surface area contributed by atoms with E-state index in [4.69, 9.17) is 4.74 Å². The summed E-state index contributed by atoms with van der Waals surface area (Å²) in [6, 6.07) is 0. The van der Waals surface area contributed by atoms with Gasteiger partial charge in [-0.15, -0.1) is 0 Å². The topological polar surface area (TPSA) is 29.5 Å². The van der Waals surface area contributed by atoms with Crippen LogP contribution >= 0.6 is 0 Å². The fourth-order valence-electron chi connectivity index (χ4n) is 1.05. The molecule has 3 heteroatoms. The Morgan fingerprint density at radius 3 is 2.42 bits per heavy atom. The van der Waals surface area contributed by atoms with Crippen LogP contribution in [0.2, 0.25) is 0 Å². The normalized spacial score (nSPS) is 10.3. The third-order valence-electron chi connectivity index (χ3n) is 1.65. The molecule has 0 fully saturated rings. The smallest absolute Gasteiger partial charge is 0.320 e. The van der Waals surface area contributed by atoms with Crippen LogP contribution in [0.3, 0.4) is 0 Å². The molecule has 0 saturated heterocycles. The summed E-state index contributed by atoms with van der Waals surface area (Å²) in [6.07, 6.45) is 1.08. The zero-order valence-corrected chi connectivity index (χ0v) is 8.30. The molecule has 0 aliphatic carbocycles. The monoisotopic (exact) mass is 173 g/mol. The summed E-state index contributed by atoms with van der Waals surface area (Å²) in [6.45, 7) is 8.76. The molecule has 0 saturated carbocycles. The second-order valence-corrected chi connectivity index (χ2v) is 2.67. The van der Waals surface area contributed by atoms with E-state index < -0.39 is 0 Å². The van der Waals surface area contributed by atoms with Crippen molar-refractivity contribution >= 4 is 5.97 Å². The zero-order valence-electron chi connectivity index (χ0n) is 8.30. The molecule has 0 N–H and O–H groups in total. The first kappa shape index (κ1) is 11.4. The summed E-state index contributed by atoms with van der Waals surface area (Å²) in [4.78, 5) is 13.1. The number of rotatable bonds is 6. The minimum atomic E-state index is -0.118. The first-order valence-corrected chi connectivity index (χ1v) is 4.62. The summed E-state index contributed by atoms with van der Waals surface area (Å²) in [7, 11) is 0. The van der Waals surface area contributed by atoms with Crippen molar-refractivity contribution in [1.82, 2.24) is 4.90 Å². The number of likely N-dealkylation sites (N-methyl/N-ethyl adjacent to an activating group) is 1. The van der Waals surface area contributed by atoms with Gasteiger partial charge in [-0.2, -0.15) is 0 Å². The summed E-state index contributed by atoms with van der Waals surface area (Å²) < 4.78 is 4.84. The van der Waals surface area contributed by atoms with Gasteiger partial charge in [0.2, 0.25) is 0 Å². The van der Waals surface area contributed by atoms with Gasteiger partial charge in [0, 0.05) is 0 Å². The number of nitrogens with zero attached hydrogens (tertiary/aromatic N) is 1. The van der Waals surface area contributed by atoms with E-state index in [1.165, 1.54) is 0 Å². The van der Waals surface area contributed by atoms with E-state index in [9.17, 15) is 4.79 Å². The van der Waals surface area contributed by atoms with Crippen LogP contribution in [0, 0.1) is 0 Å². The standard InChI is InChI=1S/C9H19NO2/c1-4-7-10(5-2)8-9(11)12-6-3/h4-8H2,1-3H3. The molecule has 0 aromatic heterocycles. The molecular weight excluding hydrogens is 154 g/mol. The van der Waals surface area contributed by atoms with Crippen LogP contribution in [0.4, 0.5) is 0 Å². The van der Waals surface area contributed by atoms with Crippen LogP contribution in [0.25, 0.3) is 0 Å². The highest BCUT2D eigenvalue weighted by molar-refractivity contribution is 5.71. The molecule has 0 aliphatic rings. The van der Waals surface area contributed by atoms with Crippen molar-refractivity contribution in [2.45, 2.75) is 27.2 Å². The Balaban J connectivity index is 3.61. The van der Waals surface area contributed by atoms with Crippen LogP contribution in [-0.2, 0) is 9.53 Å². The molecule has 0 atom stereocenters. The molecule has 0 heterocycles. The van der Waals surface area contributed by atoms with Gasteiger partial charge in [0.15, 0.2) is 0 Å². The van der Waals surface area contributed by atoms with E-state index in [1.807, 2.05) is 6.92 Å². The fraction of sp³-hybridized carbons (Fsp3) is 0.889. The first-order chi connectivity index (χ1) is 5.74. The minimum Gasteiger partial charge on any atom is -0.465 e. The highest BCUT2D eigenvalue weighted by Gasteiger charge is 2.07. The Kier molecular flexibility index (Phi) is 6.76. The molecule has 0 spiro atoms. The number of esters is 1. The Bertz CT molecular complexity index is 126. The van der Waals surface area contributed by atoms with Gasteiger partial charge in [-0.05, 0) is 26.4 Å². The van der Waals surface area contributed by atoms with Gasteiger partial charge in [0.1, 0.15) is 0 Å². The Hall–Kier alpha value is -0.570. The molecule has 0 radical (unpaired) electrons. The van der Waals surface area contributed by atoms with Crippen molar-refractivity contribution in [1.29, 1.82) is 0 Å². The maximum Gasteiger partial charge on any atom is 0.320 e. The molecule has 72 valence electrons. The summed E-state index contributed by atoms with van der Waals surface area (Å²) in [5.74, 6) is -0.118. The van der Waals surface area contributed by atoms with Crippen molar-refractivity contribution < 1.29 is 9.53 Å². The molecule has 0 bridgehead atoms. The lowest BCUT2D eigenvalue weighted by Crippen LogP contribution is -2.31. The Labute approximate surface area is 74.7 Å². The van der Waals surface area contributed by atoms with E-state index >= 15 is 0 Å². The van der Waals surface area contributed by atoms with Gasteiger partial charge >= 0.3 is 5.97 Å². The van der Waals surface area contributed by atoms with Crippen molar-refractivity contribution in [2.24, 2.45) is 0 Å². The molecule has 0 aliphatic heterocycles. The minimum absolute atomic E-state index is 0.118. The first-order valence-electron chi connectivity index (χ1n) is 4.62. The molecule has 0 aromatic rings. The number of hydrogen-bond donors (Lipinski definition) is 0. The van der Waals surface area contributed by atoms with Crippen molar-refractivity contribution in [3.05, 3.63) is 0 Å². The van der Waals surface area contributed by atoms with E-state index in [1.54, 1.807) is 0 Å². The van der Waals surface area contributed by atoms with Gasteiger partial charge in [0.05, 0.1) is 13.2 Å². The lowest BCUT2D eigenvalue weighted by molar-refractivity contribution is -0.144. The third-order valence-corrected chi connectivity index (χ3v) is 1.65. The Morgan fingerprint density at radius 2 is 2.00 bits per heavy atom. The van der Waals surface area contributed by atoms with E-state index in [0.29, 0.717) is 13.2 Å². The molecule has 12 heavy (non-hydrogen) atoms. The second-order valence-electron chi connectivity index (χ2n) is 2.67. The van der Waals surface area contributed by atoms with Gasteiger partial charge in [-0.1, -0.05) is 13.8 Å².